The Morgan fingerprint density at radius 3 is 2.48 bits per heavy atom. The summed E-state index contributed by atoms with van der Waals surface area (Å²) in [6, 6.07) is 5.34. The minimum Gasteiger partial charge on any atom is -0.392 e. The minimum absolute atomic E-state index is 0.177. The fourth-order valence-electron chi connectivity index (χ4n) is 2.80. The number of hydrogen-bond donors (Lipinski definition) is 1. The first-order chi connectivity index (χ1) is 15.3. The lowest BCUT2D eigenvalue weighted by Crippen LogP contribution is -2.40. The van der Waals surface area contributed by atoms with E-state index >= 15 is 0 Å². The minimum atomic E-state index is -4.18. The van der Waals surface area contributed by atoms with E-state index in [1.807, 2.05) is 0 Å². The first-order valence-corrected chi connectivity index (χ1v) is 15.5. The molecule has 2 aromatic rings. The van der Waals surface area contributed by atoms with Crippen molar-refractivity contribution >= 4 is 29.6 Å². The van der Waals surface area contributed by atoms with Crippen LogP contribution in [-0.4, -0.2) is 72.2 Å². The summed E-state index contributed by atoms with van der Waals surface area (Å²) in [5.41, 5.74) is -0.0510. The molecule has 0 bridgehead atoms. The van der Waals surface area contributed by atoms with Gasteiger partial charge in [0.1, 0.15) is 6.73 Å². The predicted molar refractivity (Wildman–Crippen MR) is 124 cm³/mol. The van der Waals surface area contributed by atoms with E-state index in [-0.39, 0.29) is 29.4 Å². The van der Waals surface area contributed by atoms with E-state index in [1.165, 1.54) is 24.0 Å². The van der Waals surface area contributed by atoms with Gasteiger partial charge in [-0.2, -0.15) is 9.40 Å². The van der Waals surface area contributed by atoms with E-state index in [4.69, 9.17) is 4.74 Å². The molecule has 0 amide bonds. The highest BCUT2D eigenvalue weighted by atomic mass is 32.2. The second-order valence-electron chi connectivity index (χ2n) is 8.94. The zero-order chi connectivity index (χ0) is 24.8. The van der Waals surface area contributed by atoms with Gasteiger partial charge < -0.3 is 9.84 Å². The Bertz CT molecular complexity index is 1060. The summed E-state index contributed by atoms with van der Waals surface area (Å²) in [6.07, 6.45) is 1.78. The van der Waals surface area contributed by atoms with Crippen molar-refractivity contribution in [2.45, 2.75) is 50.3 Å². The number of Topliss-reactive ketones (excluding diaryl/α,β-unsaturated/α-hetero) is 1. The number of nitro benzene ring substituents is 1. The van der Waals surface area contributed by atoms with E-state index in [9.17, 15) is 28.4 Å². The van der Waals surface area contributed by atoms with Crippen LogP contribution in [0.1, 0.15) is 17.3 Å². The number of sulfonamides is 1. The maximum Gasteiger partial charge on any atom is 0.269 e. The number of carbonyl (C=O) groups excluding carboxylic acids is 1. The van der Waals surface area contributed by atoms with Crippen molar-refractivity contribution in [2.24, 2.45) is 0 Å². The van der Waals surface area contributed by atoms with Gasteiger partial charge >= 0.3 is 0 Å². The molecule has 1 aromatic heterocycles. The fraction of sp³-hybridized carbons (Fsp3) is 0.500. The van der Waals surface area contributed by atoms with E-state index in [2.05, 4.69) is 24.7 Å². The molecule has 0 aliphatic rings. The van der Waals surface area contributed by atoms with Gasteiger partial charge in [-0.3, -0.25) is 14.9 Å². The molecule has 0 unspecified atom stereocenters. The van der Waals surface area contributed by atoms with Gasteiger partial charge in [0.2, 0.25) is 10.0 Å². The van der Waals surface area contributed by atoms with Crippen molar-refractivity contribution in [1.82, 2.24) is 14.1 Å². The molecule has 0 spiro atoms. The van der Waals surface area contributed by atoms with Gasteiger partial charge in [-0.15, -0.1) is 0 Å². The molecular weight excluding hydrogens is 468 g/mol. The summed E-state index contributed by atoms with van der Waals surface area (Å²) < 4.78 is 34.0. The summed E-state index contributed by atoms with van der Waals surface area (Å²) in [5, 5.41) is 24.7. The summed E-state index contributed by atoms with van der Waals surface area (Å²) in [7, 11) is -5.40. The average molecular weight is 499 g/mol. The highest BCUT2D eigenvalue weighted by Crippen LogP contribution is 2.20. The molecule has 2 rings (SSSR count). The number of aliphatic hydroxyl groups is 1. The summed E-state index contributed by atoms with van der Waals surface area (Å²) >= 11 is 0. The Balaban J connectivity index is 2.11. The first-order valence-electron chi connectivity index (χ1n) is 10.4. The highest BCUT2D eigenvalue weighted by Gasteiger charge is 2.29. The molecule has 0 saturated carbocycles. The van der Waals surface area contributed by atoms with Crippen LogP contribution in [0.3, 0.4) is 0 Å². The zero-order valence-corrected chi connectivity index (χ0v) is 21.0. The van der Waals surface area contributed by atoms with Crippen molar-refractivity contribution in [1.29, 1.82) is 0 Å². The van der Waals surface area contributed by atoms with Crippen LogP contribution in [0.25, 0.3) is 0 Å². The molecule has 0 aliphatic heterocycles. The van der Waals surface area contributed by atoms with E-state index in [0.717, 1.165) is 34.6 Å². The van der Waals surface area contributed by atoms with Crippen LogP contribution < -0.4 is 0 Å². The van der Waals surface area contributed by atoms with E-state index in [1.54, 1.807) is 0 Å². The molecule has 13 heteroatoms. The molecule has 0 aliphatic carbocycles. The van der Waals surface area contributed by atoms with Crippen LogP contribution in [0.4, 0.5) is 5.69 Å². The third-order valence-corrected chi connectivity index (χ3v) is 8.18. The number of non-ortho nitro benzene ring substituents is 1. The molecule has 0 radical (unpaired) electrons. The topological polar surface area (TPSA) is 145 Å². The maximum absolute atomic E-state index is 13.0. The van der Waals surface area contributed by atoms with Gasteiger partial charge in [0.05, 0.1) is 34.2 Å². The first kappa shape index (κ1) is 26.8. The second kappa shape index (κ2) is 11.1. The van der Waals surface area contributed by atoms with Gasteiger partial charge in [0.25, 0.3) is 5.69 Å². The van der Waals surface area contributed by atoms with Gasteiger partial charge in [-0.1, -0.05) is 19.6 Å². The normalized spacial score (nSPS) is 13.3. The Morgan fingerprint density at radius 1 is 1.30 bits per heavy atom. The van der Waals surface area contributed by atoms with Crippen LogP contribution >= 0.6 is 0 Å². The van der Waals surface area contributed by atoms with Crippen LogP contribution in [0.15, 0.2) is 41.6 Å². The molecular formula is C20H30N4O7SSi. The number of nitrogens with zero attached hydrogens (tertiary/aromatic N) is 4. The molecule has 0 saturated heterocycles. The lowest BCUT2D eigenvalue weighted by Gasteiger charge is -2.22. The molecule has 1 aromatic carbocycles. The van der Waals surface area contributed by atoms with Gasteiger partial charge in [0.15, 0.2) is 5.78 Å². The number of aromatic nitrogens is 2. The van der Waals surface area contributed by atoms with Crippen LogP contribution in [-0.2, 0) is 21.5 Å². The SMILES string of the molecule is C[C@@H](O)CN(CC(=O)c1cnn(COCC[Si](C)(C)C)c1)S(=O)(=O)c1ccc([N+](=O)[O-])cc1. The molecule has 0 fully saturated rings. The number of nitro groups is 1. The van der Waals surface area contributed by atoms with Crippen LogP contribution in [0.5, 0.6) is 0 Å². The Kier molecular flexibility index (Phi) is 9.02. The van der Waals surface area contributed by atoms with Crippen molar-refractivity contribution in [3.8, 4) is 0 Å². The quantitative estimate of drug-likeness (QED) is 0.146. The third kappa shape index (κ3) is 8.12. The van der Waals surface area contributed by atoms with Crippen molar-refractivity contribution in [2.75, 3.05) is 19.7 Å². The molecule has 33 heavy (non-hydrogen) atoms. The lowest BCUT2D eigenvalue weighted by atomic mass is 10.2. The molecule has 1 atom stereocenters. The van der Waals surface area contributed by atoms with Gasteiger partial charge in [-0.05, 0) is 25.1 Å². The van der Waals surface area contributed by atoms with Crippen molar-refractivity contribution < 1.29 is 28.0 Å². The van der Waals surface area contributed by atoms with Gasteiger partial charge in [-0.25, -0.2) is 13.1 Å². The number of hydrogen-bond acceptors (Lipinski definition) is 8. The Morgan fingerprint density at radius 2 is 1.94 bits per heavy atom. The molecule has 1 N–H and O–H groups in total. The fourth-order valence-corrected chi connectivity index (χ4v) is 5.03. The van der Waals surface area contributed by atoms with Crippen molar-refractivity contribution in [3.05, 3.63) is 52.3 Å². The van der Waals surface area contributed by atoms with Crippen LogP contribution in [0, 0.1) is 10.1 Å². The number of benzene rings is 1. The lowest BCUT2D eigenvalue weighted by molar-refractivity contribution is -0.384. The van der Waals surface area contributed by atoms with Crippen molar-refractivity contribution in [3.63, 3.8) is 0 Å². The summed E-state index contributed by atoms with van der Waals surface area (Å²) in [4.78, 5) is 22.7. The number of rotatable bonds is 13. The molecule has 11 nitrogen and oxygen atoms in total. The number of aliphatic hydroxyl groups excluding tert-OH is 1. The number of carbonyl (C=O) groups is 1. The average Bonchev–Trinajstić information content (AvgIpc) is 3.19. The largest absolute Gasteiger partial charge is 0.392 e. The van der Waals surface area contributed by atoms with Crippen LogP contribution in [0.2, 0.25) is 25.7 Å². The Labute approximate surface area is 194 Å². The number of ketones is 1. The molecule has 182 valence electrons. The molecule has 1 heterocycles. The monoisotopic (exact) mass is 498 g/mol. The zero-order valence-electron chi connectivity index (χ0n) is 19.2. The predicted octanol–water partition coefficient (Wildman–Crippen LogP) is 2.36. The highest BCUT2D eigenvalue weighted by molar-refractivity contribution is 7.89. The third-order valence-electron chi connectivity index (χ3n) is 4.65. The number of ether oxygens (including phenoxy) is 1. The van der Waals surface area contributed by atoms with Gasteiger partial charge in [0, 0.05) is 39.6 Å². The standard InChI is InChI=1S/C20H30N4O7SSi/c1-16(25)12-23(32(29,30)19-7-5-18(6-8-19)24(27)28)14-20(26)17-11-21-22(13-17)15-31-9-10-33(2,3)4/h5-8,11,13,16,25H,9-10,12,14-15H2,1-4H3/t16-/m1/s1. The second-order valence-corrected chi connectivity index (χ2v) is 16.5. The summed E-state index contributed by atoms with van der Waals surface area (Å²) in [5.74, 6) is -0.505. The smallest absolute Gasteiger partial charge is 0.269 e. The van der Waals surface area contributed by atoms with E-state index < -0.39 is 41.5 Å². The Hall–Kier alpha value is -2.45. The summed E-state index contributed by atoms with van der Waals surface area (Å²) in [6.45, 7) is 8.05. The maximum atomic E-state index is 13.0. The van der Waals surface area contributed by atoms with E-state index in [0.29, 0.717) is 6.61 Å².